The van der Waals surface area contributed by atoms with Gasteiger partial charge in [-0.05, 0) is 35.9 Å². The number of aromatic nitrogens is 2. The zero-order valence-electron chi connectivity index (χ0n) is 8.94. The first-order valence-electron chi connectivity index (χ1n) is 4.76. The van der Waals surface area contributed by atoms with Gasteiger partial charge in [0.1, 0.15) is 4.60 Å². The Labute approximate surface area is 102 Å². The number of carbonyl (C=O) groups is 1. The SMILES string of the molecule is CC1(C)C=CN(c2cnc(Br)cn2)C(=O)N1. The molecule has 6 heteroatoms. The van der Waals surface area contributed by atoms with Crippen LogP contribution in [-0.2, 0) is 0 Å². The van der Waals surface area contributed by atoms with E-state index in [9.17, 15) is 4.79 Å². The van der Waals surface area contributed by atoms with Crippen molar-refractivity contribution < 1.29 is 4.79 Å². The van der Waals surface area contributed by atoms with Crippen molar-refractivity contribution in [2.75, 3.05) is 4.90 Å². The van der Waals surface area contributed by atoms with E-state index in [0.717, 1.165) is 0 Å². The number of halogens is 1. The van der Waals surface area contributed by atoms with E-state index in [-0.39, 0.29) is 11.6 Å². The van der Waals surface area contributed by atoms with Crippen LogP contribution < -0.4 is 10.2 Å². The van der Waals surface area contributed by atoms with Crippen molar-refractivity contribution >= 4 is 27.8 Å². The van der Waals surface area contributed by atoms with Gasteiger partial charge in [0.15, 0.2) is 5.82 Å². The van der Waals surface area contributed by atoms with Crippen molar-refractivity contribution in [2.45, 2.75) is 19.4 Å². The molecule has 0 aromatic carbocycles. The first-order chi connectivity index (χ1) is 7.48. The number of anilines is 1. The van der Waals surface area contributed by atoms with Crippen LogP contribution in [0, 0.1) is 0 Å². The molecule has 0 fully saturated rings. The molecule has 1 aromatic rings. The summed E-state index contributed by atoms with van der Waals surface area (Å²) in [4.78, 5) is 21.3. The summed E-state index contributed by atoms with van der Waals surface area (Å²) in [5.74, 6) is 0.493. The molecule has 1 N–H and O–H groups in total. The van der Waals surface area contributed by atoms with E-state index < -0.39 is 0 Å². The van der Waals surface area contributed by atoms with Crippen LogP contribution >= 0.6 is 15.9 Å². The van der Waals surface area contributed by atoms with Crippen molar-refractivity contribution in [3.8, 4) is 0 Å². The Bertz CT molecular complexity index is 441. The van der Waals surface area contributed by atoms with Gasteiger partial charge in [0, 0.05) is 6.20 Å². The number of nitrogens with one attached hydrogen (secondary N) is 1. The number of amides is 2. The minimum atomic E-state index is -0.323. The maximum Gasteiger partial charge on any atom is 0.327 e. The Hall–Kier alpha value is -1.43. The molecule has 1 aliphatic rings. The fourth-order valence-electron chi connectivity index (χ4n) is 1.32. The lowest BCUT2D eigenvalue weighted by Crippen LogP contribution is -2.51. The van der Waals surface area contributed by atoms with Gasteiger partial charge in [-0.25, -0.2) is 14.8 Å². The number of urea groups is 1. The van der Waals surface area contributed by atoms with E-state index in [2.05, 4.69) is 31.2 Å². The maximum absolute atomic E-state index is 11.8. The quantitative estimate of drug-likeness (QED) is 0.858. The van der Waals surface area contributed by atoms with E-state index in [1.165, 1.54) is 11.1 Å². The fourth-order valence-corrected chi connectivity index (χ4v) is 1.52. The van der Waals surface area contributed by atoms with Gasteiger partial charge in [-0.1, -0.05) is 0 Å². The molecule has 0 bridgehead atoms. The van der Waals surface area contributed by atoms with Gasteiger partial charge in [-0.15, -0.1) is 0 Å². The predicted molar refractivity (Wildman–Crippen MR) is 64.0 cm³/mol. The third kappa shape index (κ3) is 2.21. The molecular formula is C10H11BrN4O. The van der Waals surface area contributed by atoms with Crippen LogP contribution in [0.25, 0.3) is 0 Å². The molecule has 5 nitrogen and oxygen atoms in total. The topological polar surface area (TPSA) is 58.1 Å². The van der Waals surface area contributed by atoms with Gasteiger partial charge < -0.3 is 5.32 Å². The lowest BCUT2D eigenvalue weighted by atomic mass is 10.0. The predicted octanol–water partition coefficient (Wildman–Crippen LogP) is 2.06. The molecule has 2 heterocycles. The highest BCUT2D eigenvalue weighted by Gasteiger charge is 2.26. The standard InChI is InChI=1S/C10H11BrN4O/c1-10(2)3-4-15(9(16)14-10)8-6-12-7(11)5-13-8/h3-6H,1-2H3,(H,14,16). The highest BCUT2D eigenvalue weighted by molar-refractivity contribution is 9.10. The molecule has 0 saturated carbocycles. The zero-order valence-corrected chi connectivity index (χ0v) is 10.5. The largest absolute Gasteiger partial charge is 0.329 e. The van der Waals surface area contributed by atoms with Crippen LogP contribution in [0.3, 0.4) is 0 Å². The van der Waals surface area contributed by atoms with Gasteiger partial charge in [-0.3, -0.25) is 4.90 Å². The van der Waals surface area contributed by atoms with Crippen LogP contribution in [0.15, 0.2) is 29.3 Å². The minimum Gasteiger partial charge on any atom is -0.329 e. The Balaban J connectivity index is 2.29. The van der Waals surface area contributed by atoms with E-state index in [0.29, 0.717) is 10.4 Å². The summed E-state index contributed by atoms with van der Waals surface area (Å²) in [6.45, 7) is 3.85. The lowest BCUT2D eigenvalue weighted by molar-refractivity contribution is 0.240. The first kappa shape index (κ1) is 11.1. The molecule has 1 aromatic heterocycles. The molecule has 84 valence electrons. The summed E-state index contributed by atoms with van der Waals surface area (Å²) in [7, 11) is 0. The lowest BCUT2D eigenvalue weighted by Gasteiger charge is -2.31. The molecule has 0 aliphatic carbocycles. The first-order valence-corrected chi connectivity index (χ1v) is 5.55. The molecular weight excluding hydrogens is 272 g/mol. The number of hydrogen-bond acceptors (Lipinski definition) is 3. The van der Waals surface area contributed by atoms with Crippen LogP contribution in [0.2, 0.25) is 0 Å². The van der Waals surface area contributed by atoms with Crippen molar-refractivity contribution in [3.05, 3.63) is 29.3 Å². The number of carbonyl (C=O) groups excluding carboxylic acids is 1. The molecule has 0 unspecified atom stereocenters. The normalized spacial score (nSPS) is 18.4. The second-order valence-electron chi connectivity index (χ2n) is 4.03. The average molecular weight is 283 g/mol. The van der Waals surface area contributed by atoms with E-state index >= 15 is 0 Å². The van der Waals surface area contributed by atoms with E-state index in [1.807, 2.05) is 19.9 Å². The average Bonchev–Trinajstić information content (AvgIpc) is 2.19. The van der Waals surface area contributed by atoms with Gasteiger partial charge in [0.25, 0.3) is 0 Å². The van der Waals surface area contributed by atoms with Crippen LogP contribution in [0.5, 0.6) is 0 Å². The molecule has 2 rings (SSSR count). The monoisotopic (exact) mass is 282 g/mol. The molecule has 1 aliphatic heterocycles. The highest BCUT2D eigenvalue weighted by Crippen LogP contribution is 2.18. The third-order valence-corrected chi connectivity index (χ3v) is 2.55. The fraction of sp³-hybridized carbons (Fsp3) is 0.300. The summed E-state index contributed by atoms with van der Waals surface area (Å²) >= 11 is 3.19. The highest BCUT2D eigenvalue weighted by atomic mass is 79.9. The van der Waals surface area contributed by atoms with Crippen molar-refractivity contribution in [1.82, 2.24) is 15.3 Å². The van der Waals surface area contributed by atoms with Crippen LogP contribution in [-0.4, -0.2) is 21.5 Å². The van der Waals surface area contributed by atoms with Crippen molar-refractivity contribution in [2.24, 2.45) is 0 Å². The van der Waals surface area contributed by atoms with E-state index in [4.69, 9.17) is 0 Å². The Morgan fingerprint density at radius 3 is 2.69 bits per heavy atom. The van der Waals surface area contributed by atoms with Crippen LogP contribution in [0.1, 0.15) is 13.8 Å². The number of hydrogen-bond donors (Lipinski definition) is 1. The molecule has 2 amide bonds. The molecule has 0 radical (unpaired) electrons. The smallest absolute Gasteiger partial charge is 0.327 e. The van der Waals surface area contributed by atoms with Crippen LogP contribution in [0.4, 0.5) is 10.6 Å². The second kappa shape index (κ2) is 3.86. The van der Waals surface area contributed by atoms with Gasteiger partial charge in [0.05, 0.1) is 17.9 Å². The maximum atomic E-state index is 11.8. The van der Waals surface area contributed by atoms with Gasteiger partial charge in [0.2, 0.25) is 0 Å². The van der Waals surface area contributed by atoms with E-state index in [1.54, 1.807) is 12.4 Å². The molecule has 0 spiro atoms. The Morgan fingerprint density at radius 1 is 1.38 bits per heavy atom. The van der Waals surface area contributed by atoms with Gasteiger partial charge in [-0.2, -0.15) is 0 Å². The third-order valence-electron chi connectivity index (χ3n) is 2.14. The number of nitrogens with zero attached hydrogens (tertiary/aromatic N) is 3. The summed E-state index contributed by atoms with van der Waals surface area (Å²) in [5, 5.41) is 2.84. The Kier molecular flexibility index (Phi) is 2.67. The van der Waals surface area contributed by atoms with Gasteiger partial charge >= 0.3 is 6.03 Å². The van der Waals surface area contributed by atoms with Crippen molar-refractivity contribution in [3.63, 3.8) is 0 Å². The summed E-state index contributed by atoms with van der Waals surface area (Å²) < 4.78 is 0.637. The molecule has 0 saturated heterocycles. The molecule has 0 atom stereocenters. The summed E-state index contributed by atoms with van der Waals surface area (Å²) in [6, 6.07) is -0.205. The minimum absolute atomic E-state index is 0.205. The second-order valence-corrected chi connectivity index (χ2v) is 4.85. The summed E-state index contributed by atoms with van der Waals surface area (Å²) in [6.07, 6.45) is 6.69. The molecule has 16 heavy (non-hydrogen) atoms. The Morgan fingerprint density at radius 2 is 2.12 bits per heavy atom. The number of rotatable bonds is 1. The zero-order chi connectivity index (χ0) is 11.8. The summed E-state index contributed by atoms with van der Waals surface area (Å²) in [5.41, 5.74) is -0.323. The van der Waals surface area contributed by atoms with Crippen molar-refractivity contribution in [1.29, 1.82) is 0 Å².